The largest absolute Gasteiger partial charge is 0.480 e. The molecule has 0 radical (unpaired) electrons. The Kier molecular flexibility index (Phi) is 6.85. The minimum absolute atomic E-state index is 0.0816. The van der Waals surface area contributed by atoms with Gasteiger partial charge in [0, 0.05) is 6.54 Å². The maximum atomic E-state index is 12.8. The van der Waals surface area contributed by atoms with Gasteiger partial charge in [0.2, 0.25) is 0 Å². The fourth-order valence-electron chi connectivity index (χ4n) is 2.57. The van der Waals surface area contributed by atoms with Crippen molar-refractivity contribution < 1.29 is 27.8 Å². The SMILES string of the molecule is CC(C)C[C@@H](NCc1cccc(Oc2cccc(C(F)(F)F)c2)c1)C(=O)O. The lowest BCUT2D eigenvalue weighted by atomic mass is 10.0. The summed E-state index contributed by atoms with van der Waals surface area (Å²) in [5, 5.41) is 12.2. The van der Waals surface area contributed by atoms with E-state index in [0.29, 0.717) is 18.7 Å². The predicted molar refractivity (Wildman–Crippen MR) is 95.7 cm³/mol. The fourth-order valence-corrected chi connectivity index (χ4v) is 2.57. The highest BCUT2D eigenvalue weighted by Gasteiger charge is 2.30. The lowest BCUT2D eigenvalue weighted by Crippen LogP contribution is -2.37. The van der Waals surface area contributed by atoms with Crippen molar-refractivity contribution in [3.8, 4) is 11.5 Å². The first kappa shape index (κ1) is 20.8. The highest BCUT2D eigenvalue weighted by molar-refractivity contribution is 5.73. The van der Waals surface area contributed by atoms with Crippen LogP contribution >= 0.6 is 0 Å². The molecule has 2 aromatic rings. The first-order valence-electron chi connectivity index (χ1n) is 8.55. The molecule has 0 spiro atoms. The van der Waals surface area contributed by atoms with E-state index in [1.54, 1.807) is 24.3 Å². The number of aliphatic carboxylic acids is 1. The number of halogens is 3. The summed E-state index contributed by atoms with van der Waals surface area (Å²) >= 11 is 0. The summed E-state index contributed by atoms with van der Waals surface area (Å²) < 4.78 is 43.9. The Balaban J connectivity index is 2.06. The maximum absolute atomic E-state index is 12.8. The van der Waals surface area contributed by atoms with Gasteiger partial charge in [-0.2, -0.15) is 13.2 Å². The molecule has 1 atom stereocenters. The molecule has 0 aliphatic rings. The van der Waals surface area contributed by atoms with Crippen molar-refractivity contribution >= 4 is 5.97 Å². The number of carboxylic acid groups (broad SMARTS) is 1. The summed E-state index contributed by atoms with van der Waals surface area (Å²) in [5.41, 5.74) is -0.00899. The number of nitrogens with one attached hydrogen (secondary N) is 1. The number of carboxylic acids is 1. The molecular weight excluding hydrogens is 359 g/mol. The van der Waals surface area contributed by atoms with Crippen LogP contribution in [0.25, 0.3) is 0 Å². The van der Waals surface area contributed by atoms with Crippen LogP contribution in [0.4, 0.5) is 13.2 Å². The van der Waals surface area contributed by atoms with E-state index in [9.17, 15) is 23.1 Å². The summed E-state index contributed by atoms with van der Waals surface area (Å²) in [7, 11) is 0. The molecule has 0 saturated heterocycles. The van der Waals surface area contributed by atoms with E-state index < -0.39 is 23.8 Å². The van der Waals surface area contributed by atoms with Gasteiger partial charge in [-0.25, -0.2) is 0 Å². The monoisotopic (exact) mass is 381 g/mol. The van der Waals surface area contributed by atoms with Gasteiger partial charge in [0.05, 0.1) is 5.56 Å². The number of carbonyl (C=O) groups is 1. The summed E-state index contributed by atoms with van der Waals surface area (Å²) in [4.78, 5) is 11.3. The summed E-state index contributed by atoms with van der Waals surface area (Å²) in [6.07, 6.45) is -3.94. The Hall–Kier alpha value is -2.54. The second-order valence-corrected chi connectivity index (χ2v) is 6.68. The molecule has 0 saturated carbocycles. The first-order chi connectivity index (χ1) is 12.6. The standard InChI is InChI=1S/C20H22F3NO3/c1-13(2)9-18(19(25)26)24-12-14-5-3-7-16(10-14)27-17-8-4-6-15(11-17)20(21,22)23/h3-8,10-11,13,18,24H,9,12H2,1-2H3,(H,25,26)/t18-/m1/s1. The Morgan fingerprint density at radius 2 is 1.74 bits per heavy atom. The van der Waals surface area contributed by atoms with Gasteiger partial charge in [-0.3, -0.25) is 4.79 Å². The molecule has 0 amide bonds. The van der Waals surface area contributed by atoms with Crippen molar-refractivity contribution in [3.63, 3.8) is 0 Å². The number of benzene rings is 2. The van der Waals surface area contributed by atoms with Crippen molar-refractivity contribution in [1.29, 1.82) is 0 Å². The first-order valence-corrected chi connectivity index (χ1v) is 8.55. The maximum Gasteiger partial charge on any atom is 0.416 e. The molecule has 7 heteroatoms. The normalized spacial score (nSPS) is 12.8. The second kappa shape index (κ2) is 8.90. The van der Waals surface area contributed by atoms with Crippen molar-refractivity contribution in [2.24, 2.45) is 5.92 Å². The Morgan fingerprint density at radius 1 is 1.11 bits per heavy atom. The smallest absolute Gasteiger partial charge is 0.416 e. The molecular formula is C20H22F3NO3. The van der Waals surface area contributed by atoms with Gasteiger partial charge in [0.25, 0.3) is 0 Å². The van der Waals surface area contributed by atoms with E-state index in [0.717, 1.165) is 17.7 Å². The fraction of sp³-hybridized carbons (Fsp3) is 0.350. The minimum atomic E-state index is -4.44. The Morgan fingerprint density at radius 3 is 2.33 bits per heavy atom. The van der Waals surface area contributed by atoms with Crippen molar-refractivity contribution in [3.05, 3.63) is 59.7 Å². The van der Waals surface area contributed by atoms with E-state index in [-0.39, 0.29) is 11.7 Å². The summed E-state index contributed by atoms with van der Waals surface area (Å²) in [5.74, 6) is -0.225. The van der Waals surface area contributed by atoms with E-state index in [1.807, 2.05) is 13.8 Å². The molecule has 0 unspecified atom stereocenters. The van der Waals surface area contributed by atoms with Crippen LogP contribution in [0.1, 0.15) is 31.4 Å². The molecule has 146 valence electrons. The van der Waals surface area contributed by atoms with Crippen LogP contribution in [0.3, 0.4) is 0 Å². The van der Waals surface area contributed by atoms with Crippen molar-refractivity contribution in [2.45, 2.75) is 39.0 Å². The van der Waals surface area contributed by atoms with Gasteiger partial charge in [-0.15, -0.1) is 0 Å². The molecule has 2 aromatic carbocycles. The number of hydrogen-bond acceptors (Lipinski definition) is 3. The second-order valence-electron chi connectivity index (χ2n) is 6.68. The highest BCUT2D eigenvalue weighted by Crippen LogP contribution is 2.32. The zero-order valence-corrected chi connectivity index (χ0v) is 15.1. The van der Waals surface area contributed by atoms with Crippen LogP contribution in [0.5, 0.6) is 11.5 Å². The van der Waals surface area contributed by atoms with E-state index in [2.05, 4.69) is 5.32 Å². The topological polar surface area (TPSA) is 58.6 Å². The van der Waals surface area contributed by atoms with Gasteiger partial charge < -0.3 is 15.2 Å². The van der Waals surface area contributed by atoms with Gasteiger partial charge in [0.15, 0.2) is 0 Å². The molecule has 0 aromatic heterocycles. The molecule has 4 nitrogen and oxygen atoms in total. The lowest BCUT2D eigenvalue weighted by Gasteiger charge is -2.17. The van der Waals surface area contributed by atoms with E-state index in [4.69, 9.17) is 4.74 Å². The third kappa shape index (κ3) is 6.60. The van der Waals surface area contributed by atoms with Crippen molar-refractivity contribution in [2.75, 3.05) is 0 Å². The van der Waals surface area contributed by atoms with Crippen LogP contribution in [0.2, 0.25) is 0 Å². The highest BCUT2D eigenvalue weighted by atomic mass is 19.4. The van der Waals surface area contributed by atoms with Gasteiger partial charge in [-0.1, -0.05) is 32.0 Å². The van der Waals surface area contributed by atoms with Crippen LogP contribution in [-0.4, -0.2) is 17.1 Å². The number of alkyl halides is 3. The summed E-state index contributed by atoms with van der Waals surface area (Å²) in [6.45, 7) is 4.20. The van der Waals surface area contributed by atoms with Crippen LogP contribution in [-0.2, 0) is 17.5 Å². The molecule has 27 heavy (non-hydrogen) atoms. The van der Waals surface area contributed by atoms with E-state index >= 15 is 0 Å². The quantitative estimate of drug-likeness (QED) is 0.669. The number of ether oxygens (including phenoxy) is 1. The number of rotatable bonds is 8. The van der Waals surface area contributed by atoms with E-state index in [1.165, 1.54) is 12.1 Å². The average molecular weight is 381 g/mol. The Labute approximate surface area is 156 Å². The molecule has 0 bridgehead atoms. The van der Waals surface area contributed by atoms with Gasteiger partial charge >= 0.3 is 12.1 Å². The molecule has 0 aliphatic carbocycles. The summed E-state index contributed by atoms with van der Waals surface area (Å²) in [6, 6.07) is 10.8. The zero-order chi connectivity index (χ0) is 20.0. The number of hydrogen-bond donors (Lipinski definition) is 2. The predicted octanol–water partition coefficient (Wildman–Crippen LogP) is 5.09. The molecule has 2 rings (SSSR count). The lowest BCUT2D eigenvalue weighted by molar-refractivity contribution is -0.140. The zero-order valence-electron chi connectivity index (χ0n) is 15.1. The molecule has 2 N–H and O–H groups in total. The average Bonchev–Trinajstić information content (AvgIpc) is 2.58. The van der Waals surface area contributed by atoms with Crippen LogP contribution in [0, 0.1) is 5.92 Å². The minimum Gasteiger partial charge on any atom is -0.480 e. The molecule has 0 heterocycles. The van der Waals surface area contributed by atoms with Gasteiger partial charge in [-0.05, 0) is 48.2 Å². The van der Waals surface area contributed by atoms with Gasteiger partial charge in [0.1, 0.15) is 17.5 Å². The third-order valence-electron chi connectivity index (χ3n) is 3.85. The van der Waals surface area contributed by atoms with Crippen LogP contribution in [0.15, 0.2) is 48.5 Å². The molecule has 0 aliphatic heterocycles. The Bertz CT molecular complexity index is 775. The molecule has 0 fully saturated rings. The van der Waals surface area contributed by atoms with Crippen LogP contribution < -0.4 is 10.1 Å². The van der Waals surface area contributed by atoms with Crippen molar-refractivity contribution in [1.82, 2.24) is 5.32 Å². The third-order valence-corrected chi connectivity index (χ3v) is 3.85.